The Morgan fingerprint density at radius 3 is 2.56 bits per heavy atom. The van der Waals surface area contributed by atoms with Crippen molar-refractivity contribution < 1.29 is 17.2 Å². The second-order valence-electron chi connectivity index (χ2n) is 5.42. The molecule has 0 aliphatic carbocycles. The molecule has 7 heteroatoms. The predicted molar refractivity (Wildman–Crippen MR) is 94.1 cm³/mol. The van der Waals surface area contributed by atoms with E-state index in [0.717, 1.165) is 11.6 Å². The van der Waals surface area contributed by atoms with E-state index in [1.165, 1.54) is 24.5 Å². The Morgan fingerprint density at radius 1 is 1.08 bits per heavy atom. The van der Waals surface area contributed by atoms with Crippen molar-refractivity contribution in [3.8, 4) is 11.3 Å². The fourth-order valence-corrected chi connectivity index (χ4v) is 3.65. The van der Waals surface area contributed by atoms with E-state index in [-0.39, 0.29) is 0 Å². The number of hydrogen-bond acceptors (Lipinski definition) is 4. The van der Waals surface area contributed by atoms with Crippen LogP contribution in [-0.4, -0.2) is 15.5 Å². The van der Waals surface area contributed by atoms with Crippen LogP contribution in [0.3, 0.4) is 0 Å². The Kier molecular flexibility index (Phi) is 4.87. The van der Waals surface area contributed by atoms with Gasteiger partial charge in [0.15, 0.2) is 0 Å². The molecule has 0 bridgehead atoms. The molecule has 0 unspecified atom stereocenters. The smallest absolute Gasteiger partial charge is 0.264 e. The zero-order valence-electron chi connectivity index (χ0n) is 13.5. The van der Waals surface area contributed by atoms with Gasteiger partial charge in [-0.3, -0.25) is 4.72 Å². The molecule has 0 radical (unpaired) electrons. The number of hydrogen-bond donors (Lipinski definition) is 2. The van der Waals surface area contributed by atoms with Crippen molar-refractivity contribution in [2.24, 2.45) is 0 Å². The first-order valence-electron chi connectivity index (χ1n) is 7.60. The summed E-state index contributed by atoms with van der Waals surface area (Å²) in [4.78, 5) is -0.403. The molecule has 0 saturated heterocycles. The average molecular weight is 360 g/mol. The third-order valence-corrected chi connectivity index (χ3v) is 5.02. The molecule has 0 aliphatic heterocycles. The van der Waals surface area contributed by atoms with Crippen LogP contribution in [0.25, 0.3) is 11.3 Å². The second kappa shape index (κ2) is 7.08. The molecule has 5 nitrogen and oxygen atoms in total. The fraction of sp³-hybridized carbons (Fsp3) is 0.111. The third-order valence-electron chi connectivity index (χ3n) is 3.62. The average Bonchev–Trinajstić information content (AvgIpc) is 3.09. The van der Waals surface area contributed by atoms with Gasteiger partial charge in [0.2, 0.25) is 0 Å². The van der Waals surface area contributed by atoms with Crippen LogP contribution in [0.2, 0.25) is 0 Å². The predicted octanol–water partition coefficient (Wildman–Crippen LogP) is 3.61. The van der Waals surface area contributed by atoms with Crippen molar-refractivity contribution in [1.29, 1.82) is 0 Å². The number of furan rings is 1. The lowest BCUT2D eigenvalue weighted by molar-refractivity contribution is 0.570. The topological polar surface area (TPSA) is 71.3 Å². The van der Waals surface area contributed by atoms with Gasteiger partial charge < -0.3 is 9.73 Å². The number of sulfonamides is 1. The van der Waals surface area contributed by atoms with E-state index in [0.29, 0.717) is 23.6 Å². The molecule has 0 saturated carbocycles. The Labute approximate surface area is 145 Å². The molecule has 0 aliphatic rings. The SMILES string of the molecule is CNCc1ccc(-c2ccco2)c(NS(=O)(=O)c2ccccc2F)c1. The van der Waals surface area contributed by atoms with Crippen LogP contribution in [0.15, 0.2) is 70.2 Å². The number of rotatable bonds is 6. The first-order valence-corrected chi connectivity index (χ1v) is 9.08. The highest BCUT2D eigenvalue weighted by Gasteiger charge is 2.21. The summed E-state index contributed by atoms with van der Waals surface area (Å²) in [5.74, 6) is -0.289. The lowest BCUT2D eigenvalue weighted by Gasteiger charge is -2.14. The van der Waals surface area contributed by atoms with Gasteiger partial charge in [0.1, 0.15) is 16.5 Å². The highest BCUT2D eigenvalue weighted by molar-refractivity contribution is 7.92. The highest BCUT2D eigenvalue weighted by atomic mass is 32.2. The Morgan fingerprint density at radius 2 is 1.88 bits per heavy atom. The monoisotopic (exact) mass is 360 g/mol. The summed E-state index contributed by atoms with van der Waals surface area (Å²) >= 11 is 0. The van der Waals surface area contributed by atoms with E-state index >= 15 is 0 Å². The van der Waals surface area contributed by atoms with Gasteiger partial charge in [0, 0.05) is 12.1 Å². The lowest BCUT2D eigenvalue weighted by atomic mass is 10.1. The van der Waals surface area contributed by atoms with Crippen LogP contribution in [0, 0.1) is 5.82 Å². The van der Waals surface area contributed by atoms with Crippen molar-refractivity contribution in [2.45, 2.75) is 11.4 Å². The third kappa shape index (κ3) is 3.72. The van der Waals surface area contributed by atoms with Gasteiger partial charge in [-0.25, -0.2) is 12.8 Å². The molecule has 3 rings (SSSR count). The molecule has 0 atom stereocenters. The zero-order chi connectivity index (χ0) is 17.9. The van der Waals surface area contributed by atoms with Crippen molar-refractivity contribution in [1.82, 2.24) is 5.32 Å². The maximum absolute atomic E-state index is 13.9. The molecule has 2 aromatic carbocycles. The van der Waals surface area contributed by atoms with Crippen LogP contribution in [0.4, 0.5) is 10.1 Å². The largest absolute Gasteiger partial charge is 0.464 e. The maximum atomic E-state index is 13.9. The van der Waals surface area contributed by atoms with Crippen LogP contribution in [0.5, 0.6) is 0 Å². The second-order valence-corrected chi connectivity index (χ2v) is 7.07. The summed E-state index contributed by atoms with van der Waals surface area (Å²) in [6.07, 6.45) is 1.51. The van der Waals surface area contributed by atoms with Gasteiger partial charge in [0.25, 0.3) is 10.0 Å². The molecule has 0 spiro atoms. The Bertz CT molecular complexity index is 970. The van der Waals surface area contributed by atoms with Crippen molar-refractivity contribution >= 4 is 15.7 Å². The highest BCUT2D eigenvalue weighted by Crippen LogP contribution is 2.31. The normalized spacial score (nSPS) is 11.4. The van der Waals surface area contributed by atoms with Gasteiger partial charge in [0.05, 0.1) is 12.0 Å². The molecule has 25 heavy (non-hydrogen) atoms. The van der Waals surface area contributed by atoms with Crippen molar-refractivity contribution in [2.75, 3.05) is 11.8 Å². The lowest BCUT2D eigenvalue weighted by Crippen LogP contribution is -2.15. The Hall–Kier alpha value is -2.64. The number of benzene rings is 2. The maximum Gasteiger partial charge on any atom is 0.264 e. The van der Waals surface area contributed by atoms with E-state index < -0.39 is 20.7 Å². The molecular formula is C18H17FN2O3S. The molecular weight excluding hydrogens is 343 g/mol. The molecule has 2 N–H and O–H groups in total. The van der Waals surface area contributed by atoms with Crippen LogP contribution < -0.4 is 10.0 Å². The number of halogens is 1. The summed E-state index contributed by atoms with van der Waals surface area (Å²) in [6.45, 7) is 0.562. The standard InChI is InChI=1S/C18H17FN2O3S/c1-20-12-13-8-9-14(17-6-4-10-24-17)16(11-13)21-25(22,23)18-7-3-2-5-15(18)19/h2-11,20-21H,12H2,1H3. The zero-order valence-corrected chi connectivity index (χ0v) is 14.3. The van der Waals surface area contributed by atoms with E-state index in [1.54, 1.807) is 31.3 Å². The molecule has 3 aromatic rings. The number of nitrogens with one attached hydrogen (secondary N) is 2. The van der Waals surface area contributed by atoms with E-state index in [4.69, 9.17) is 4.42 Å². The molecule has 0 amide bonds. The Balaban J connectivity index is 2.06. The van der Waals surface area contributed by atoms with E-state index in [9.17, 15) is 12.8 Å². The minimum Gasteiger partial charge on any atom is -0.464 e. The minimum atomic E-state index is -4.08. The summed E-state index contributed by atoms with van der Waals surface area (Å²) in [6, 6.07) is 14.0. The summed E-state index contributed by atoms with van der Waals surface area (Å²) < 4.78 is 47.0. The van der Waals surface area contributed by atoms with Crippen LogP contribution in [0.1, 0.15) is 5.56 Å². The van der Waals surface area contributed by atoms with Crippen molar-refractivity contribution in [3.05, 3.63) is 72.2 Å². The molecule has 130 valence electrons. The first-order chi connectivity index (χ1) is 12.0. The first kappa shape index (κ1) is 17.2. The minimum absolute atomic E-state index is 0.325. The quantitative estimate of drug-likeness (QED) is 0.704. The van der Waals surface area contributed by atoms with Gasteiger partial charge in [-0.2, -0.15) is 0 Å². The van der Waals surface area contributed by atoms with Gasteiger partial charge in [-0.1, -0.05) is 18.2 Å². The fourth-order valence-electron chi connectivity index (χ4n) is 2.50. The van der Waals surface area contributed by atoms with Gasteiger partial charge >= 0.3 is 0 Å². The van der Waals surface area contributed by atoms with Gasteiger partial charge in [-0.05, 0) is 49.0 Å². The van der Waals surface area contributed by atoms with Crippen LogP contribution >= 0.6 is 0 Å². The summed E-state index contributed by atoms with van der Waals surface area (Å²) in [7, 11) is -2.28. The molecule has 0 fully saturated rings. The molecule has 1 aromatic heterocycles. The summed E-state index contributed by atoms with van der Waals surface area (Å²) in [5, 5.41) is 3.01. The molecule has 1 heterocycles. The van der Waals surface area contributed by atoms with Crippen LogP contribution in [-0.2, 0) is 16.6 Å². The van der Waals surface area contributed by atoms with Gasteiger partial charge in [-0.15, -0.1) is 0 Å². The number of anilines is 1. The van der Waals surface area contributed by atoms with Crippen molar-refractivity contribution in [3.63, 3.8) is 0 Å². The van der Waals surface area contributed by atoms with E-state index in [1.807, 2.05) is 6.07 Å². The van der Waals surface area contributed by atoms with E-state index in [2.05, 4.69) is 10.0 Å². The summed E-state index contributed by atoms with van der Waals surface area (Å²) in [5.41, 5.74) is 1.78.